The number of hydrogen-bond donors (Lipinski definition) is 1. The zero-order chi connectivity index (χ0) is 22.2. The summed E-state index contributed by atoms with van der Waals surface area (Å²) < 4.78 is 0. The van der Waals surface area contributed by atoms with Crippen molar-refractivity contribution in [3.8, 4) is 0 Å². The summed E-state index contributed by atoms with van der Waals surface area (Å²) in [6, 6.07) is 16.2. The Kier molecular flexibility index (Phi) is 8.59. The molecule has 0 heterocycles. The molecule has 0 saturated heterocycles. The number of carbonyl (C=O) groups is 2. The van der Waals surface area contributed by atoms with Crippen molar-refractivity contribution in [2.45, 2.75) is 76.4 Å². The predicted octanol–water partition coefficient (Wildman–Crippen LogP) is 5.26. The van der Waals surface area contributed by atoms with Crippen molar-refractivity contribution in [3.63, 3.8) is 0 Å². The fraction of sp³-hybridized carbons (Fsp3) is 0.462. The van der Waals surface area contributed by atoms with Crippen molar-refractivity contribution in [1.82, 2.24) is 10.2 Å². The van der Waals surface area contributed by atoms with Crippen molar-refractivity contribution in [3.05, 3.63) is 65.2 Å². The van der Waals surface area contributed by atoms with Crippen LogP contribution < -0.4 is 5.32 Å². The number of aryl methyl sites for hydroxylation is 2. The Bertz CT molecular complexity index is 875. The second-order valence-corrected chi connectivity index (χ2v) is 9.69. The summed E-state index contributed by atoms with van der Waals surface area (Å²) in [6.45, 7) is 6.43. The van der Waals surface area contributed by atoms with Crippen LogP contribution in [0.4, 0.5) is 0 Å². The van der Waals surface area contributed by atoms with Gasteiger partial charge in [0.05, 0.1) is 0 Å². The third-order valence-corrected chi connectivity index (χ3v) is 7.09. The maximum atomic E-state index is 13.2. The molecule has 0 aromatic heterocycles. The molecule has 0 unspecified atom stereocenters. The molecule has 1 N–H and O–H groups in total. The number of nitrogens with zero attached hydrogens (tertiary/aromatic N) is 1. The molecule has 0 radical (unpaired) electrons. The number of hydrogen-bond acceptors (Lipinski definition) is 3. The quantitative estimate of drug-likeness (QED) is 0.543. The molecule has 166 valence electrons. The molecule has 2 amide bonds. The van der Waals surface area contributed by atoms with Crippen LogP contribution in [0.15, 0.2) is 53.4 Å². The fourth-order valence-corrected chi connectivity index (χ4v) is 4.82. The first-order chi connectivity index (χ1) is 14.9. The van der Waals surface area contributed by atoms with Gasteiger partial charge in [-0.05, 0) is 56.9 Å². The topological polar surface area (TPSA) is 49.4 Å². The van der Waals surface area contributed by atoms with Gasteiger partial charge in [0.1, 0.15) is 6.04 Å². The maximum Gasteiger partial charge on any atom is 0.242 e. The van der Waals surface area contributed by atoms with Gasteiger partial charge in [-0.25, -0.2) is 0 Å². The third-order valence-electron chi connectivity index (χ3n) is 6.08. The van der Waals surface area contributed by atoms with Crippen molar-refractivity contribution < 1.29 is 9.59 Å². The van der Waals surface area contributed by atoms with Crippen LogP contribution in [0.1, 0.15) is 55.7 Å². The van der Waals surface area contributed by atoms with E-state index in [1.807, 2.05) is 25.1 Å². The molecule has 3 rings (SSSR count). The summed E-state index contributed by atoms with van der Waals surface area (Å²) in [5.74, 6) is 0.681. The lowest BCUT2D eigenvalue weighted by molar-refractivity contribution is -0.140. The van der Waals surface area contributed by atoms with E-state index in [-0.39, 0.29) is 17.9 Å². The summed E-state index contributed by atoms with van der Waals surface area (Å²) in [6.07, 6.45) is 4.82. The highest BCUT2D eigenvalue weighted by molar-refractivity contribution is 7.99. The van der Waals surface area contributed by atoms with Crippen LogP contribution in [0.3, 0.4) is 0 Å². The van der Waals surface area contributed by atoms with E-state index in [0.29, 0.717) is 18.7 Å². The van der Waals surface area contributed by atoms with Gasteiger partial charge >= 0.3 is 0 Å². The van der Waals surface area contributed by atoms with Crippen molar-refractivity contribution >= 4 is 23.6 Å². The molecular formula is C26H34N2O2S. The molecule has 1 atom stereocenters. The van der Waals surface area contributed by atoms with Gasteiger partial charge in [0.15, 0.2) is 0 Å². The van der Waals surface area contributed by atoms with Gasteiger partial charge in [-0.3, -0.25) is 9.59 Å². The smallest absolute Gasteiger partial charge is 0.242 e. The highest BCUT2D eigenvalue weighted by atomic mass is 32.2. The van der Waals surface area contributed by atoms with E-state index in [1.54, 1.807) is 16.7 Å². The normalized spacial score (nSPS) is 14.9. The van der Waals surface area contributed by atoms with E-state index in [9.17, 15) is 9.59 Å². The second kappa shape index (κ2) is 11.4. The van der Waals surface area contributed by atoms with E-state index in [4.69, 9.17) is 0 Å². The van der Waals surface area contributed by atoms with Gasteiger partial charge in [-0.1, -0.05) is 54.8 Å². The highest BCUT2D eigenvalue weighted by Gasteiger charge is 2.28. The van der Waals surface area contributed by atoms with Gasteiger partial charge in [0.2, 0.25) is 11.8 Å². The minimum atomic E-state index is -0.489. The van der Waals surface area contributed by atoms with Crippen LogP contribution in [0.25, 0.3) is 0 Å². The molecule has 4 nitrogen and oxygen atoms in total. The molecule has 0 spiro atoms. The highest BCUT2D eigenvalue weighted by Crippen LogP contribution is 2.22. The standard InChI is InChI=1S/C26H34N2O2S/c1-19-12-14-24(15-13-19)31-17-16-25(29)28(18-22-9-5-4-8-20(22)2)21(3)26(30)27-23-10-6-7-11-23/h4-5,8-9,12-15,21,23H,6-7,10-11,16-18H2,1-3H3,(H,27,30)/t21-/m0/s1. The number of thioether (sulfide) groups is 1. The van der Waals surface area contributed by atoms with Crippen molar-refractivity contribution in [2.24, 2.45) is 0 Å². The molecule has 5 heteroatoms. The average molecular weight is 439 g/mol. The van der Waals surface area contributed by atoms with Crippen LogP contribution >= 0.6 is 11.8 Å². The molecule has 2 aromatic carbocycles. The maximum absolute atomic E-state index is 13.2. The average Bonchev–Trinajstić information content (AvgIpc) is 3.27. The molecule has 1 saturated carbocycles. The SMILES string of the molecule is Cc1ccc(SCCC(=O)N(Cc2ccccc2C)[C@@H](C)C(=O)NC2CCCC2)cc1. The zero-order valence-electron chi connectivity index (χ0n) is 18.9. The summed E-state index contributed by atoms with van der Waals surface area (Å²) in [4.78, 5) is 29.1. The van der Waals surface area contributed by atoms with E-state index in [1.165, 1.54) is 18.4 Å². The lowest BCUT2D eigenvalue weighted by Crippen LogP contribution is -2.49. The summed E-state index contributed by atoms with van der Waals surface area (Å²) >= 11 is 1.68. The zero-order valence-corrected chi connectivity index (χ0v) is 19.7. The van der Waals surface area contributed by atoms with E-state index >= 15 is 0 Å². The molecule has 0 bridgehead atoms. The Morgan fingerprint density at radius 1 is 1.06 bits per heavy atom. The largest absolute Gasteiger partial charge is 0.352 e. The number of amides is 2. The minimum absolute atomic E-state index is 0.0249. The van der Waals surface area contributed by atoms with Gasteiger partial charge in [0.25, 0.3) is 0 Å². The summed E-state index contributed by atoms with van der Waals surface area (Å²) in [7, 11) is 0. The molecule has 0 aliphatic heterocycles. The lowest BCUT2D eigenvalue weighted by Gasteiger charge is -2.30. The molecule has 1 aliphatic carbocycles. The van der Waals surface area contributed by atoms with Crippen LogP contribution in [0.5, 0.6) is 0 Å². The number of nitrogens with one attached hydrogen (secondary N) is 1. The summed E-state index contributed by atoms with van der Waals surface area (Å²) in [5, 5.41) is 3.16. The van der Waals surface area contributed by atoms with Crippen LogP contribution in [0.2, 0.25) is 0 Å². The minimum Gasteiger partial charge on any atom is -0.352 e. The molecule has 31 heavy (non-hydrogen) atoms. The van der Waals surface area contributed by atoms with E-state index in [2.05, 4.69) is 49.5 Å². The van der Waals surface area contributed by atoms with Gasteiger partial charge in [-0.2, -0.15) is 0 Å². The molecular weight excluding hydrogens is 404 g/mol. The first kappa shape index (κ1) is 23.4. The monoisotopic (exact) mass is 438 g/mol. The number of carbonyl (C=O) groups excluding carboxylic acids is 2. The van der Waals surface area contributed by atoms with E-state index < -0.39 is 6.04 Å². The van der Waals surface area contributed by atoms with Crippen molar-refractivity contribution in [1.29, 1.82) is 0 Å². The number of rotatable bonds is 9. The predicted molar refractivity (Wildman–Crippen MR) is 128 cm³/mol. The van der Waals surface area contributed by atoms with Gasteiger partial charge in [-0.15, -0.1) is 11.8 Å². The fourth-order valence-electron chi connectivity index (χ4n) is 3.98. The molecule has 1 aliphatic rings. The van der Waals surface area contributed by atoms with E-state index in [0.717, 1.165) is 28.9 Å². The first-order valence-electron chi connectivity index (χ1n) is 11.3. The first-order valence-corrected chi connectivity index (χ1v) is 12.3. The molecule has 1 fully saturated rings. The van der Waals surface area contributed by atoms with Crippen LogP contribution in [0, 0.1) is 13.8 Å². The van der Waals surface area contributed by atoms with Crippen LogP contribution in [-0.2, 0) is 16.1 Å². The van der Waals surface area contributed by atoms with Gasteiger partial charge in [0, 0.05) is 29.7 Å². The lowest BCUT2D eigenvalue weighted by atomic mass is 10.1. The Hall–Kier alpha value is -2.27. The Balaban J connectivity index is 1.66. The molecule has 2 aromatic rings. The van der Waals surface area contributed by atoms with Gasteiger partial charge < -0.3 is 10.2 Å². The number of benzene rings is 2. The van der Waals surface area contributed by atoms with Crippen LogP contribution in [-0.4, -0.2) is 34.6 Å². The van der Waals surface area contributed by atoms with Crippen molar-refractivity contribution in [2.75, 3.05) is 5.75 Å². The second-order valence-electron chi connectivity index (χ2n) is 8.53. The Morgan fingerprint density at radius 2 is 1.74 bits per heavy atom. The third kappa shape index (κ3) is 6.86. The Labute approximate surface area is 190 Å². The Morgan fingerprint density at radius 3 is 2.42 bits per heavy atom. The summed E-state index contributed by atoms with van der Waals surface area (Å²) in [5.41, 5.74) is 3.45.